The molecule has 0 saturated carbocycles. The van der Waals surface area contributed by atoms with E-state index in [9.17, 15) is 8.78 Å². The number of benzene rings is 1. The Bertz CT molecular complexity index is 279. The van der Waals surface area contributed by atoms with Crippen LogP contribution in [-0.2, 0) is 6.42 Å². The summed E-state index contributed by atoms with van der Waals surface area (Å²) < 4.78 is 28.0. The minimum absolute atomic E-state index is 0.216. The van der Waals surface area contributed by atoms with Gasteiger partial charge in [0.15, 0.2) is 0 Å². The van der Waals surface area contributed by atoms with Crippen molar-refractivity contribution < 1.29 is 13.5 Å². The number of hydrogen-bond donors (Lipinski definition) is 1. The maximum atomic E-state index is 11.9. The number of likely N-dealkylation sites (N-methyl/N-ethyl adjacent to an activating group) is 1. The van der Waals surface area contributed by atoms with Gasteiger partial charge in [-0.1, -0.05) is 12.1 Å². The average molecular weight is 201 g/mol. The molecule has 0 heterocycles. The molecule has 0 bridgehead atoms. The first kappa shape index (κ1) is 10.9. The number of ether oxygens (including phenoxy) is 1. The quantitative estimate of drug-likeness (QED) is 0.787. The van der Waals surface area contributed by atoms with Gasteiger partial charge in [-0.05, 0) is 37.7 Å². The largest absolute Gasteiger partial charge is 0.435 e. The molecule has 1 aromatic carbocycles. The van der Waals surface area contributed by atoms with Crippen molar-refractivity contribution >= 4 is 0 Å². The van der Waals surface area contributed by atoms with Gasteiger partial charge in [0, 0.05) is 0 Å². The number of halogens is 2. The smallest absolute Gasteiger partial charge is 0.387 e. The summed E-state index contributed by atoms with van der Waals surface area (Å²) in [4.78, 5) is 0. The molecule has 0 aromatic heterocycles. The van der Waals surface area contributed by atoms with Crippen LogP contribution in [0.15, 0.2) is 24.3 Å². The van der Waals surface area contributed by atoms with Gasteiger partial charge in [0.1, 0.15) is 5.75 Å². The minimum atomic E-state index is -2.76. The SMILES string of the molecule is CNCCc1cccc(OC(F)F)c1. The van der Waals surface area contributed by atoms with E-state index in [-0.39, 0.29) is 5.75 Å². The van der Waals surface area contributed by atoms with E-state index in [1.807, 2.05) is 13.1 Å². The summed E-state index contributed by atoms with van der Waals surface area (Å²) in [6, 6.07) is 6.75. The molecule has 0 radical (unpaired) electrons. The zero-order valence-electron chi connectivity index (χ0n) is 7.97. The van der Waals surface area contributed by atoms with Crippen LogP contribution in [0.1, 0.15) is 5.56 Å². The van der Waals surface area contributed by atoms with E-state index in [1.54, 1.807) is 12.1 Å². The lowest BCUT2D eigenvalue weighted by Crippen LogP contribution is -2.10. The monoisotopic (exact) mass is 201 g/mol. The molecule has 4 heteroatoms. The second-order valence-electron chi connectivity index (χ2n) is 2.88. The molecular formula is C10H13F2NO. The summed E-state index contributed by atoms with van der Waals surface area (Å²) in [6.07, 6.45) is 0.803. The molecule has 0 saturated heterocycles. The van der Waals surface area contributed by atoms with Gasteiger partial charge in [-0.25, -0.2) is 0 Å². The third-order valence-electron chi connectivity index (χ3n) is 1.79. The Morgan fingerprint density at radius 1 is 1.43 bits per heavy atom. The van der Waals surface area contributed by atoms with Gasteiger partial charge in [-0.15, -0.1) is 0 Å². The van der Waals surface area contributed by atoms with Gasteiger partial charge < -0.3 is 10.1 Å². The van der Waals surface area contributed by atoms with Crippen molar-refractivity contribution in [2.45, 2.75) is 13.0 Å². The first-order chi connectivity index (χ1) is 6.72. The zero-order valence-corrected chi connectivity index (χ0v) is 7.97. The van der Waals surface area contributed by atoms with E-state index >= 15 is 0 Å². The normalized spacial score (nSPS) is 10.6. The standard InChI is InChI=1S/C10H13F2NO/c1-13-6-5-8-3-2-4-9(7-8)14-10(11)12/h2-4,7,10,13H,5-6H2,1H3. The van der Waals surface area contributed by atoms with Crippen molar-refractivity contribution in [3.05, 3.63) is 29.8 Å². The van der Waals surface area contributed by atoms with E-state index in [0.29, 0.717) is 0 Å². The van der Waals surface area contributed by atoms with Crippen LogP contribution in [0.4, 0.5) is 8.78 Å². The third-order valence-corrected chi connectivity index (χ3v) is 1.79. The summed E-state index contributed by atoms with van der Waals surface area (Å²) in [7, 11) is 1.85. The molecule has 14 heavy (non-hydrogen) atoms. The summed E-state index contributed by atoms with van der Waals surface area (Å²) in [6.45, 7) is -1.94. The Balaban J connectivity index is 2.59. The maximum Gasteiger partial charge on any atom is 0.387 e. The molecule has 1 N–H and O–H groups in total. The van der Waals surface area contributed by atoms with Crippen LogP contribution in [0.5, 0.6) is 5.75 Å². The van der Waals surface area contributed by atoms with Gasteiger partial charge in [0.25, 0.3) is 0 Å². The van der Waals surface area contributed by atoms with Crippen LogP contribution in [-0.4, -0.2) is 20.2 Å². The minimum Gasteiger partial charge on any atom is -0.435 e. The van der Waals surface area contributed by atoms with Gasteiger partial charge in [0.2, 0.25) is 0 Å². The number of hydrogen-bond acceptors (Lipinski definition) is 2. The van der Waals surface area contributed by atoms with Crippen LogP contribution in [0.3, 0.4) is 0 Å². The van der Waals surface area contributed by atoms with Crippen LogP contribution >= 0.6 is 0 Å². The first-order valence-corrected chi connectivity index (χ1v) is 4.40. The fraction of sp³-hybridized carbons (Fsp3) is 0.400. The highest BCUT2D eigenvalue weighted by atomic mass is 19.3. The molecule has 0 aliphatic rings. The molecule has 0 fully saturated rings. The van der Waals surface area contributed by atoms with Crippen molar-refractivity contribution in [2.75, 3.05) is 13.6 Å². The van der Waals surface area contributed by atoms with Crippen LogP contribution < -0.4 is 10.1 Å². The summed E-state index contributed by atoms with van der Waals surface area (Å²) in [5.41, 5.74) is 0.984. The number of rotatable bonds is 5. The van der Waals surface area contributed by atoms with Crippen LogP contribution in [0.2, 0.25) is 0 Å². The molecule has 1 rings (SSSR count). The highest BCUT2D eigenvalue weighted by molar-refractivity contribution is 5.28. The molecule has 0 spiro atoms. The van der Waals surface area contributed by atoms with E-state index in [0.717, 1.165) is 18.5 Å². The van der Waals surface area contributed by atoms with Gasteiger partial charge >= 0.3 is 6.61 Å². The topological polar surface area (TPSA) is 21.3 Å². The van der Waals surface area contributed by atoms with E-state index < -0.39 is 6.61 Å². The predicted molar refractivity (Wildman–Crippen MR) is 50.7 cm³/mol. The predicted octanol–water partition coefficient (Wildman–Crippen LogP) is 2.05. The lowest BCUT2D eigenvalue weighted by molar-refractivity contribution is -0.0498. The second kappa shape index (κ2) is 5.54. The van der Waals surface area contributed by atoms with Gasteiger partial charge in [-0.3, -0.25) is 0 Å². The highest BCUT2D eigenvalue weighted by Crippen LogP contribution is 2.15. The highest BCUT2D eigenvalue weighted by Gasteiger charge is 2.03. The Hall–Kier alpha value is -1.16. The Labute approximate surface area is 81.9 Å². The Morgan fingerprint density at radius 3 is 2.86 bits per heavy atom. The molecular weight excluding hydrogens is 188 g/mol. The van der Waals surface area contributed by atoms with Crippen LogP contribution in [0.25, 0.3) is 0 Å². The molecule has 2 nitrogen and oxygen atoms in total. The molecule has 78 valence electrons. The molecule has 0 amide bonds. The molecule has 0 aliphatic heterocycles. The van der Waals surface area contributed by atoms with Crippen molar-refractivity contribution in [1.29, 1.82) is 0 Å². The summed E-state index contributed by atoms with van der Waals surface area (Å²) in [5, 5.41) is 2.99. The zero-order chi connectivity index (χ0) is 10.4. The van der Waals surface area contributed by atoms with Gasteiger partial charge in [0.05, 0.1) is 0 Å². The van der Waals surface area contributed by atoms with Crippen LogP contribution in [0, 0.1) is 0 Å². The molecule has 0 unspecified atom stereocenters. The molecule has 0 atom stereocenters. The van der Waals surface area contributed by atoms with Crippen molar-refractivity contribution in [3.63, 3.8) is 0 Å². The van der Waals surface area contributed by atoms with Gasteiger partial charge in [-0.2, -0.15) is 8.78 Å². The summed E-state index contributed by atoms with van der Waals surface area (Å²) >= 11 is 0. The fourth-order valence-corrected chi connectivity index (χ4v) is 1.15. The first-order valence-electron chi connectivity index (χ1n) is 4.40. The maximum absolute atomic E-state index is 11.9. The average Bonchev–Trinajstić information content (AvgIpc) is 2.14. The van der Waals surface area contributed by atoms with Crippen molar-refractivity contribution in [2.24, 2.45) is 0 Å². The van der Waals surface area contributed by atoms with E-state index in [2.05, 4.69) is 10.1 Å². The lowest BCUT2D eigenvalue weighted by Gasteiger charge is -2.06. The molecule has 1 aromatic rings. The Morgan fingerprint density at radius 2 is 2.21 bits per heavy atom. The summed E-state index contributed by atoms with van der Waals surface area (Å²) in [5.74, 6) is 0.216. The van der Waals surface area contributed by atoms with Crippen molar-refractivity contribution in [1.82, 2.24) is 5.32 Å². The number of nitrogens with one attached hydrogen (secondary N) is 1. The second-order valence-corrected chi connectivity index (χ2v) is 2.88. The van der Waals surface area contributed by atoms with E-state index in [1.165, 1.54) is 6.07 Å². The Kier molecular flexibility index (Phi) is 4.32. The fourth-order valence-electron chi connectivity index (χ4n) is 1.15. The van der Waals surface area contributed by atoms with E-state index in [4.69, 9.17) is 0 Å². The molecule has 0 aliphatic carbocycles. The number of alkyl halides is 2. The van der Waals surface area contributed by atoms with Crippen molar-refractivity contribution in [3.8, 4) is 5.75 Å². The lowest BCUT2D eigenvalue weighted by atomic mass is 10.1. The third kappa shape index (κ3) is 3.70.